The zero-order valence-electron chi connectivity index (χ0n) is 8.58. The molecule has 0 saturated carbocycles. The lowest BCUT2D eigenvalue weighted by Gasteiger charge is -1.99. The van der Waals surface area contributed by atoms with Gasteiger partial charge in [0.05, 0.1) is 0 Å². The first-order valence-electron chi connectivity index (χ1n) is 4.64. The van der Waals surface area contributed by atoms with Crippen molar-refractivity contribution in [2.45, 2.75) is 6.92 Å². The smallest absolute Gasteiger partial charge is 0.207 e. The van der Waals surface area contributed by atoms with E-state index in [2.05, 4.69) is 19.8 Å². The van der Waals surface area contributed by atoms with Crippen molar-refractivity contribution >= 4 is 28.1 Å². The van der Waals surface area contributed by atoms with Crippen molar-refractivity contribution in [3.8, 4) is 0 Å². The molecule has 6 heteroatoms. The van der Waals surface area contributed by atoms with Crippen LogP contribution in [-0.4, -0.2) is 20.3 Å². The summed E-state index contributed by atoms with van der Waals surface area (Å²) in [5, 5.41) is 15.4. The number of hydrogen-bond acceptors (Lipinski definition) is 6. The van der Waals surface area contributed by atoms with Crippen LogP contribution < -0.4 is 5.32 Å². The zero-order chi connectivity index (χ0) is 11.4. The van der Waals surface area contributed by atoms with E-state index >= 15 is 0 Å². The highest BCUT2D eigenvalue weighted by atomic mass is 32.1. The molecule has 0 amide bonds. The highest BCUT2D eigenvalue weighted by Crippen LogP contribution is 2.18. The maximum absolute atomic E-state index is 8.58. The number of nitrogens with one attached hydrogen (secondary N) is 1. The molecular weight excluding hydrogens is 224 g/mol. The van der Waals surface area contributed by atoms with Crippen molar-refractivity contribution in [3.05, 3.63) is 36.2 Å². The molecule has 1 aromatic heterocycles. The van der Waals surface area contributed by atoms with Gasteiger partial charge in [-0.05, 0) is 19.1 Å². The van der Waals surface area contributed by atoms with Gasteiger partial charge in [0.2, 0.25) is 5.13 Å². The minimum atomic E-state index is 0.400. The van der Waals surface area contributed by atoms with E-state index in [4.69, 9.17) is 5.21 Å². The van der Waals surface area contributed by atoms with Gasteiger partial charge in [0.15, 0.2) is 5.82 Å². The van der Waals surface area contributed by atoms with E-state index in [9.17, 15) is 0 Å². The number of rotatable bonds is 3. The van der Waals surface area contributed by atoms with E-state index in [1.165, 1.54) is 11.5 Å². The van der Waals surface area contributed by atoms with Gasteiger partial charge in [-0.25, -0.2) is 0 Å². The summed E-state index contributed by atoms with van der Waals surface area (Å²) in [4.78, 5) is 4.18. The fraction of sp³-hybridized carbons (Fsp3) is 0.100. The number of benzene rings is 1. The highest BCUT2D eigenvalue weighted by molar-refractivity contribution is 7.09. The molecule has 1 aromatic carbocycles. The molecule has 0 saturated heterocycles. The summed E-state index contributed by atoms with van der Waals surface area (Å²) >= 11 is 1.22. The third-order valence-corrected chi connectivity index (χ3v) is 2.56. The van der Waals surface area contributed by atoms with Crippen molar-refractivity contribution in [3.63, 3.8) is 0 Å². The van der Waals surface area contributed by atoms with E-state index in [1.54, 1.807) is 6.92 Å². The first kappa shape index (κ1) is 10.6. The van der Waals surface area contributed by atoms with Crippen LogP contribution in [0.1, 0.15) is 12.7 Å². The molecule has 2 N–H and O–H groups in total. The quantitative estimate of drug-likeness (QED) is 0.486. The van der Waals surface area contributed by atoms with Crippen LogP contribution in [0.15, 0.2) is 35.5 Å². The maximum atomic E-state index is 8.58. The first-order valence-corrected chi connectivity index (χ1v) is 5.42. The van der Waals surface area contributed by atoms with Crippen molar-refractivity contribution in [1.82, 2.24) is 9.36 Å². The van der Waals surface area contributed by atoms with Crippen LogP contribution in [-0.2, 0) is 0 Å². The summed E-state index contributed by atoms with van der Waals surface area (Å²) in [6.45, 7) is 1.65. The van der Waals surface area contributed by atoms with Crippen molar-refractivity contribution in [2.24, 2.45) is 5.16 Å². The van der Waals surface area contributed by atoms with Gasteiger partial charge in [0.25, 0.3) is 0 Å². The Hall–Kier alpha value is -1.95. The second-order valence-electron chi connectivity index (χ2n) is 3.10. The van der Waals surface area contributed by atoms with Gasteiger partial charge in [-0.15, -0.1) is 0 Å². The van der Waals surface area contributed by atoms with Gasteiger partial charge in [-0.3, -0.25) is 0 Å². The Labute approximate surface area is 96.6 Å². The molecule has 5 nitrogen and oxygen atoms in total. The Morgan fingerprint density at radius 1 is 1.38 bits per heavy atom. The van der Waals surface area contributed by atoms with Gasteiger partial charge in [-0.1, -0.05) is 23.4 Å². The Morgan fingerprint density at radius 3 is 2.81 bits per heavy atom. The number of hydrogen-bond donors (Lipinski definition) is 2. The predicted octanol–water partition coefficient (Wildman–Crippen LogP) is 2.48. The standard InChI is InChI=1S/C10H10N4OS/c1-7(13-15)9-12-10(16-14-9)11-8-5-3-2-4-6-8/h2-6,15H,1H3,(H,11,12,14)/b13-7-. The van der Waals surface area contributed by atoms with Crippen molar-refractivity contribution in [1.29, 1.82) is 0 Å². The molecule has 0 radical (unpaired) electrons. The number of nitrogens with zero attached hydrogens (tertiary/aromatic N) is 3. The number of aromatic nitrogens is 2. The van der Waals surface area contributed by atoms with Crippen molar-refractivity contribution in [2.75, 3.05) is 5.32 Å². The van der Waals surface area contributed by atoms with Gasteiger partial charge >= 0.3 is 0 Å². The normalized spacial score (nSPS) is 11.4. The summed E-state index contributed by atoms with van der Waals surface area (Å²) in [5.41, 5.74) is 1.35. The second kappa shape index (κ2) is 4.71. The number of para-hydroxylation sites is 1. The zero-order valence-corrected chi connectivity index (χ0v) is 9.40. The average Bonchev–Trinajstić information content (AvgIpc) is 2.78. The van der Waals surface area contributed by atoms with Crippen LogP contribution in [0.4, 0.5) is 10.8 Å². The minimum Gasteiger partial charge on any atom is -0.411 e. The fourth-order valence-electron chi connectivity index (χ4n) is 1.11. The molecule has 2 rings (SSSR count). The third-order valence-electron chi connectivity index (χ3n) is 1.92. The molecular formula is C10H10N4OS. The summed E-state index contributed by atoms with van der Waals surface area (Å²) in [6.07, 6.45) is 0. The monoisotopic (exact) mass is 234 g/mol. The molecule has 0 aliphatic heterocycles. The molecule has 16 heavy (non-hydrogen) atoms. The summed E-state index contributed by atoms with van der Waals surface area (Å²) < 4.78 is 4.06. The molecule has 0 atom stereocenters. The van der Waals surface area contributed by atoms with Crippen LogP contribution in [0.25, 0.3) is 0 Å². The second-order valence-corrected chi connectivity index (χ2v) is 3.85. The van der Waals surface area contributed by atoms with E-state index < -0.39 is 0 Å². The SMILES string of the molecule is C/C(=N/O)c1nsc(Nc2ccccc2)n1. The van der Waals surface area contributed by atoms with E-state index in [-0.39, 0.29) is 0 Å². The molecule has 0 bridgehead atoms. The molecule has 0 fully saturated rings. The number of oxime groups is 1. The van der Waals surface area contributed by atoms with E-state index in [0.717, 1.165) is 5.69 Å². The molecule has 2 aromatic rings. The van der Waals surface area contributed by atoms with Crippen LogP contribution in [0.5, 0.6) is 0 Å². The highest BCUT2D eigenvalue weighted by Gasteiger charge is 2.06. The number of anilines is 2. The lowest BCUT2D eigenvalue weighted by molar-refractivity contribution is 0.319. The molecule has 82 valence electrons. The van der Waals surface area contributed by atoms with Gasteiger partial charge in [0.1, 0.15) is 5.71 Å². The third kappa shape index (κ3) is 2.34. The molecule has 0 aliphatic carbocycles. The molecule has 0 aliphatic rings. The van der Waals surface area contributed by atoms with Gasteiger partial charge in [-0.2, -0.15) is 9.36 Å². The summed E-state index contributed by atoms with van der Waals surface area (Å²) in [7, 11) is 0. The van der Waals surface area contributed by atoms with Crippen molar-refractivity contribution < 1.29 is 5.21 Å². The molecule has 0 spiro atoms. The first-order chi connectivity index (χ1) is 7.79. The molecule has 1 heterocycles. The van der Waals surface area contributed by atoms with Crippen LogP contribution in [0, 0.1) is 0 Å². The van der Waals surface area contributed by atoms with Crippen LogP contribution in [0.3, 0.4) is 0 Å². The lowest BCUT2D eigenvalue weighted by atomic mass is 10.3. The largest absolute Gasteiger partial charge is 0.411 e. The minimum absolute atomic E-state index is 0.400. The Kier molecular flexibility index (Phi) is 3.11. The predicted molar refractivity (Wildman–Crippen MR) is 63.6 cm³/mol. The summed E-state index contributed by atoms with van der Waals surface area (Å²) in [5.74, 6) is 0.436. The van der Waals surface area contributed by atoms with Gasteiger partial charge in [0, 0.05) is 17.2 Å². The Bertz CT molecular complexity index is 495. The van der Waals surface area contributed by atoms with Crippen LogP contribution in [0.2, 0.25) is 0 Å². The lowest BCUT2D eigenvalue weighted by Crippen LogP contribution is -1.97. The Balaban J connectivity index is 2.15. The average molecular weight is 234 g/mol. The maximum Gasteiger partial charge on any atom is 0.207 e. The topological polar surface area (TPSA) is 70.4 Å². The summed E-state index contributed by atoms with van der Waals surface area (Å²) in [6, 6.07) is 9.69. The fourth-order valence-corrected chi connectivity index (χ4v) is 1.75. The van der Waals surface area contributed by atoms with E-state index in [1.807, 2.05) is 30.3 Å². The van der Waals surface area contributed by atoms with Gasteiger partial charge < -0.3 is 10.5 Å². The molecule has 0 unspecified atom stereocenters. The van der Waals surface area contributed by atoms with E-state index in [0.29, 0.717) is 16.7 Å². The van der Waals surface area contributed by atoms with Crippen LogP contribution >= 0.6 is 11.5 Å². The Morgan fingerprint density at radius 2 is 2.12 bits per heavy atom.